The highest BCUT2D eigenvalue weighted by Gasteiger charge is 2.21. The van der Waals surface area contributed by atoms with Crippen molar-refractivity contribution in [2.24, 2.45) is 0 Å². The lowest BCUT2D eigenvalue weighted by Gasteiger charge is -2.17. The summed E-state index contributed by atoms with van der Waals surface area (Å²) < 4.78 is 2.46. The number of rotatable bonds is 5. The van der Waals surface area contributed by atoms with Gasteiger partial charge in [0, 0.05) is 38.4 Å². The third kappa shape index (κ3) is 4.96. The van der Waals surface area contributed by atoms with Crippen molar-refractivity contribution in [3.05, 3.63) is 182 Å². The second kappa shape index (κ2) is 11.9. The molecule has 0 fully saturated rings. The molecule has 10 aromatic rings. The van der Waals surface area contributed by atoms with Crippen molar-refractivity contribution in [1.29, 1.82) is 0 Å². The van der Waals surface area contributed by atoms with Crippen LogP contribution < -0.4 is 0 Å². The fraction of sp³-hybridized carbons (Fsp3) is 0. The maximum Gasteiger partial charge on any atom is 0.164 e. The van der Waals surface area contributed by atoms with Gasteiger partial charge in [0.1, 0.15) is 0 Å². The molecule has 0 aliphatic carbocycles. The molecule has 10 rings (SSSR count). The Kier molecular flexibility index (Phi) is 6.78. The SMILES string of the molecule is c1ccc(-c2nc(-c3ccccc3)nc(-c3ccc(-c4ccccc4)c(-n4c5cc6ccccc6cc5c5ccc6ccccc6c54)c3)n2)cc1. The molecule has 0 N–H and O–H groups in total. The van der Waals surface area contributed by atoms with Gasteiger partial charge in [0.15, 0.2) is 17.5 Å². The predicted molar refractivity (Wildman–Crippen MR) is 211 cm³/mol. The molecular weight excluding hydrogens is 621 g/mol. The summed E-state index contributed by atoms with van der Waals surface area (Å²) in [6, 6.07) is 64.1. The summed E-state index contributed by atoms with van der Waals surface area (Å²) in [4.78, 5) is 15.2. The van der Waals surface area contributed by atoms with Crippen LogP contribution in [0.3, 0.4) is 0 Å². The van der Waals surface area contributed by atoms with Crippen molar-refractivity contribution < 1.29 is 0 Å². The Morgan fingerprint density at radius 2 is 0.863 bits per heavy atom. The van der Waals surface area contributed by atoms with Gasteiger partial charge in [0.2, 0.25) is 0 Å². The maximum absolute atomic E-state index is 5.11. The lowest BCUT2D eigenvalue weighted by molar-refractivity contribution is 1.07. The van der Waals surface area contributed by atoms with Gasteiger partial charge in [-0.25, -0.2) is 15.0 Å². The third-order valence-corrected chi connectivity index (χ3v) is 9.80. The highest BCUT2D eigenvalue weighted by molar-refractivity contribution is 6.21. The normalized spacial score (nSPS) is 11.5. The Morgan fingerprint density at radius 3 is 1.51 bits per heavy atom. The monoisotopic (exact) mass is 650 g/mol. The summed E-state index contributed by atoms with van der Waals surface area (Å²) in [6.45, 7) is 0. The zero-order chi connectivity index (χ0) is 33.7. The molecule has 238 valence electrons. The van der Waals surface area contributed by atoms with E-state index in [9.17, 15) is 0 Å². The molecule has 0 atom stereocenters. The van der Waals surface area contributed by atoms with E-state index >= 15 is 0 Å². The van der Waals surface area contributed by atoms with Gasteiger partial charge < -0.3 is 4.57 Å². The molecule has 4 heteroatoms. The topological polar surface area (TPSA) is 43.6 Å². The van der Waals surface area contributed by atoms with E-state index in [-0.39, 0.29) is 0 Å². The largest absolute Gasteiger partial charge is 0.308 e. The first-order valence-electron chi connectivity index (χ1n) is 17.2. The molecule has 4 nitrogen and oxygen atoms in total. The smallest absolute Gasteiger partial charge is 0.164 e. The lowest BCUT2D eigenvalue weighted by atomic mass is 10.00. The van der Waals surface area contributed by atoms with Gasteiger partial charge in [-0.1, -0.05) is 164 Å². The molecule has 0 saturated heterocycles. The summed E-state index contributed by atoms with van der Waals surface area (Å²) in [5, 5.41) is 7.27. The minimum absolute atomic E-state index is 0.625. The van der Waals surface area contributed by atoms with Crippen molar-refractivity contribution in [2.45, 2.75) is 0 Å². The van der Waals surface area contributed by atoms with Crippen LogP contribution in [0, 0.1) is 0 Å². The van der Waals surface area contributed by atoms with Crippen molar-refractivity contribution in [3.8, 4) is 51.0 Å². The molecule has 0 bridgehead atoms. The maximum atomic E-state index is 5.11. The molecule has 2 heterocycles. The average Bonchev–Trinajstić information content (AvgIpc) is 3.54. The standard InChI is InChI=1S/C47H30N4/c1-4-14-31(15-5-1)38-26-25-37(47-49-45(33-17-6-2-7-18-33)48-46(50-47)34-19-8-3-9-20-34)30-42(38)51-43-29-36-22-11-10-21-35(36)28-41(43)40-27-24-32-16-12-13-23-39(32)44(40)51/h1-30H. The van der Waals surface area contributed by atoms with E-state index in [1.165, 1.54) is 37.8 Å². The summed E-state index contributed by atoms with van der Waals surface area (Å²) in [5.41, 5.74) is 8.46. The van der Waals surface area contributed by atoms with E-state index in [0.29, 0.717) is 17.5 Å². The zero-order valence-corrected chi connectivity index (χ0v) is 27.6. The first-order valence-corrected chi connectivity index (χ1v) is 17.2. The summed E-state index contributed by atoms with van der Waals surface area (Å²) in [5.74, 6) is 1.91. The molecule has 0 amide bonds. The number of hydrogen-bond donors (Lipinski definition) is 0. The second-order valence-electron chi connectivity index (χ2n) is 12.9. The van der Waals surface area contributed by atoms with E-state index in [4.69, 9.17) is 15.0 Å². The third-order valence-electron chi connectivity index (χ3n) is 9.80. The van der Waals surface area contributed by atoms with E-state index in [2.05, 4.69) is 126 Å². The van der Waals surface area contributed by atoms with Gasteiger partial charge in [-0.05, 0) is 39.9 Å². The van der Waals surface area contributed by atoms with Crippen LogP contribution in [-0.2, 0) is 0 Å². The quantitative estimate of drug-likeness (QED) is 0.186. The summed E-state index contributed by atoms with van der Waals surface area (Å²) in [6.07, 6.45) is 0. The minimum Gasteiger partial charge on any atom is -0.308 e. The Balaban J connectivity index is 1.31. The van der Waals surface area contributed by atoms with Gasteiger partial charge in [0.05, 0.1) is 16.7 Å². The van der Waals surface area contributed by atoms with E-state index in [1.807, 2.05) is 60.7 Å². The van der Waals surface area contributed by atoms with Crippen LogP contribution in [0.2, 0.25) is 0 Å². The molecular formula is C47H30N4. The molecule has 0 aliphatic heterocycles. The Labute approximate surface area is 295 Å². The molecule has 0 unspecified atom stereocenters. The first-order chi connectivity index (χ1) is 25.3. The summed E-state index contributed by atoms with van der Waals surface area (Å²) >= 11 is 0. The number of benzene rings is 8. The number of fused-ring (bicyclic) bond motifs is 6. The van der Waals surface area contributed by atoms with E-state index < -0.39 is 0 Å². The Bertz CT molecular complexity index is 2840. The van der Waals surface area contributed by atoms with Crippen LogP contribution in [0.15, 0.2) is 182 Å². The molecule has 0 aliphatic rings. The number of nitrogens with zero attached hydrogens (tertiary/aromatic N) is 4. The molecule has 0 radical (unpaired) electrons. The van der Waals surface area contributed by atoms with Gasteiger partial charge in [-0.2, -0.15) is 0 Å². The molecule has 0 saturated carbocycles. The summed E-state index contributed by atoms with van der Waals surface area (Å²) in [7, 11) is 0. The van der Waals surface area contributed by atoms with E-state index in [0.717, 1.165) is 39.0 Å². The fourth-order valence-electron chi connectivity index (χ4n) is 7.37. The van der Waals surface area contributed by atoms with Crippen molar-refractivity contribution in [2.75, 3.05) is 0 Å². The molecule has 8 aromatic carbocycles. The lowest BCUT2D eigenvalue weighted by Crippen LogP contribution is -2.02. The minimum atomic E-state index is 0.625. The molecule has 2 aromatic heterocycles. The van der Waals surface area contributed by atoms with Gasteiger partial charge in [0.25, 0.3) is 0 Å². The van der Waals surface area contributed by atoms with Crippen molar-refractivity contribution in [3.63, 3.8) is 0 Å². The van der Waals surface area contributed by atoms with Crippen molar-refractivity contribution in [1.82, 2.24) is 19.5 Å². The van der Waals surface area contributed by atoms with Gasteiger partial charge in [-0.15, -0.1) is 0 Å². The van der Waals surface area contributed by atoms with Crippen LogP contribution in [0.25, 0.3) is 94.3 Å². The van der Waals surface area contributed by atoms with E-state index in [1.54, 1.807) is 0 Å². The molecule has 0 spiro atoms. The first kappa shape index (κ1) is 29.0. The molecule has 51 heavy (non-hydrogen) atoms. The fourth-order valence-corrected chi connectivity index (χ4v) is 7.37. The van der Waals surface area contributed by atoms with Gasteiger partial charge >= 0.3 is 0 Å². The number of hydrogen-bond acceptors (Lipinski definition) is 3. The highest BCUT2D eigenvalue weighted by atomic mass is 15.0. The average molecular weight is 651 g/mol. The van der Waals surface area contributed by atoms with Crippen LogP contribution in [0.4, 0.5) is 0 Å². The van der Waals surface area contributed by atoms with Crippen LogP contribution in [0.1, 0.15) is 0 Å². The predicted octanol–water partition coefficient (Wildman–Crippen LogP) is 11.9. The Morgan fingerprint density at radius 1 is 0.333 bits per heavy atom. The van der Waals surface area contributed by atoms with Crippen LogP contribution in [-0.4, -0.2) is 19.5 Å². The number of aromatic nitrogens is 4. The zero-order valence-electron chi connectivity index (χ0n) is 27.6. The van der Waals surface area contributed by atoms with Crippen molar-refractivity contribution >= 4 is 43.4 Å². The Hall–Kier alpha value is -6.91. The van der Waals surface area contributed by atoms with Crippen LogP contribution in [0.5, 0.6) is 0 Å². The highest BCUT2D eigenvalue weighted by Crippen LogP contribution is 2.42. The van der Waals surface area contributed by atoms with Crippen LogP contribution >= 0.6 is 0 Å². The van der Waals surface area contributed by atoms with Gasteiger partial charge in [-0.3, -0.25) is 0 Å². The second-order valence-corrected chi connectivity index (χ2v) is 12.9.